The van der Waals surface area contributed by atoms with E-state index in [1.54, 1.807) is 34.6 Å². The molecule has 8 nitrogen and oxygen atoms in total. The summed E-state index contributed by atoms with van der Waals surface area (Å²) in [6.07, 6.45) is 0. The summed E-state index contributed by atoms with van der Waals surface area (Å²) in [5.74, 6) is -1.39. The highest BCUT2D eigenvalue weighted by Gasteiger charge is 2.14. The van der Waals surface area contributed by atoms with Gasteiger partial charge in [-0.05, 0) is 6.92 Å². The SMILES string of the molecule is CC(C)C(=O)OCCN(CCOC(=O)C(C)C)CCOC(=O)C(C)N. The molecule has 1 unspecified atom stereocenters. The van der Waals surface area contributed by atoms with Crippen molar-refractivity contribution in [2.24, 2.45) is 17.6 Å². The Morgan fingerprint density at radius 2 is 1.04 bits per heavy atom. The summed E-state index contributed by atoms with van der Waals surface area (Å²) in [6.45, 7) is 10.5. The molecule has 0 aromatic rings. The van der Waals surface area contributed by atoms with E-state index in [0.717, 1.165) is 0 Å². The van der Waals surface area contributed by atoms with Gasteiger partial charge < -0.3 is 19.9 Å². The third kappa shape index (κ3) is 11.5. The third-order valence-electron chi connectivity index (χ3n) is 3.27. The summed E-state index contributed by atoms with van der Waals surface area (Å²) in [5.41, 5.74) is 5.43. The Morgan fingerprint density at radius 3 is 1.32 bits per heavy atom. The second kappa shape index (κ2) is 12.7. The van der Waals surface area contributed by atoms with E-state index in [0.29, 0.717) is 19.6 Å². The molecule has 0 aliphatic heterocycles. The molecule has 1 atom stereocenters. The zero-order valence-corrected chi connectivity index (χ0v) is 15.9. The van der Waals surface area contributed by atoms with Crippen molar-refractivity contribution in [2.75, 3.05) is 39.5 Å². The summed E-state index contributed by atoms with van der Waals surface area (Å²) in [4.78, 5) is 36.3. The molecule has 146 valence electrons. The molecule has 0 rings (SSSR count). The van der Waals surface area contributed by atoms with Crippen molar-refractivity contribution < 1.29 is 28.6 Å². The van der Waals surface area contributed by atoms with Gasteiger partial charge in [-0.15, -0.1) is 0 Å². The Balaban J connectivity index is 4.31. The molecule has 0 bridgehead atoms. The van der Waals surface area contributed by atoms with E-state index in [9.17, 15) is 14.4 Å². The minimum absolute atomic E-state index is 0.163. The van der Waals surface area contributed by atoms with Crippen molar-refractivity contribution in [3.63, 3.8) is 0 Å². The average Bonchev–Trinajstić information content (AvgIpc) is 2.53. The lowest BCUT2D eigenvalue weighted by atomic mass is 10.2. The van der Waals surface area contributed by atoms with Gasteiger partial charge in [0, 0.05) is 19.6 Å². The number of ether oxygens (including phenoxy) is 3. The summed E-state index contributed by atoms with van der Waals surface area (Å²) in [6, 6.07) is -0.674. The Bertz CT molecular complexity index is 362. The van der Waals surface area contributed by atoms with Crippen molar-refractivity contribution in [1.82, 2.24) is 4.90 Å². The van der Waals surface area contributed by atoms with Crippen molar-refractivity contribution in [3.05, 3.63) is 0 Å². The summed E-state index contributed by atoms with van der Waals surface area (Å²) >= 11 is 0. The normalized spacial score (nSPS) is 12.4. The van der Waals surface area contributed by atoms with Crippen LogP contribution in [0.4, 0.5) is 0 Å². The zero-order valence-electron chi connectivity index (χ0n) is 15.9. The highest BCUT2D eigenvalue weighted by atomic mass is 16.5. The van der Waals surface area contributed by atoms with Gasteiger partial charge >= 0.3 is 17.9 Å². The molecule has 0 aliphatic carbocycles. The first-order chi connectivity index (χ1) is 11.6. The standard InChI is InChI=1S/C17H32N2O6/c1-12(2)15(20)23-9-6-19(7-10-24-16(21)13(3)4)8-11-25-17(22)14(5)18/h12-14H,6-11,18H2,1-5H3. The van der Waals surface area contributed by atoms with Crippen LogP contribution in [0.5, 0.6) is 0 Å². The van der Waals surface area contributed by atoms with Crippen molar-refractivity contribution in [2.45, 2.75) is 40.7 Å². The van der Waals surface area contributed by atoms with Gasteiger partial charge in [-0.1, -0.05) is 27.7 Å². The van der Waals surface area contributed by atoms with Crippen LogP contribution < -0.4 is 5.73 Å². The van der Waals surface area contributed by atoms with Gasteiger partial charge in [0.15, 0.2) is 0 Å². The Morgan fingerprint density at radius 1 is 0.720 bits per heavy atom. The van der Waals surface area contributed by atoms with Crippen LogP contribution in [0.1, 0.15) is 34.6 Å². The van der Waals surface area contributed by atoms with Gasteiger partial charge in [0.1, 0.15) is 25.9 Å². The van der Waals surface area contributed by atoms with E-state index in [2.05, 4.69) is 0 Å². The predicted molar refractivity (Wildman–Crippen MR) is 92.6 cm³/mol. The van der Waals surface area contributed by atoms with E-state index in [1.165, 1.54) is 0 Å². The van der Waals surface area contributed by atoms with E-state index in [1.807, 2.05) is 4.90 Å². The molecule has 8 heteroatoms. The highest BCUT2D eigenvalue weighted by Crippen LogP contribution is 1.99. The molecule has 0 radical (unpaired) electrons. The van der Waals surface area contributed by atoms with E-state index in [-0.39, 0.29) is 43.6 Å². The molecule has 0 heterocycles. The second-order valence-electron chi connectivity index (χ2n) is 6.44. The Hall–Kier alpha value is -1.67. The molecular weight excluding hydrogens is 328 g/mol. The van der Waals surface area contributed by atoms with Crippen LogP contribution in [0.25, 0.3) is 0 Å². The number of hydrogen-bond donors (Lipinski definition) is 1. The number of rotatable bonds is 12. The second-order valence-corrected chi connectivity index (χ2v) is 6.44. The fourth-order valence-electron chi connectivity index (χ4n) is 1.63. The van der Waals surface area contributed by atoms with Gasteiger partial charge in [-0.25, -0.2) is 0 Å². The topological polar surface area (TPSA) is 108 Å². The maximum Gasteiger partial charge on any atom is 0.322 e. The first-order valence-corrected chi connectivity index (χ1v) is 8.63. The smallest absolute Gasteiger partial charge is 0.322 e. The molecule has 2 N–H and O–H groups in total. The lowest BCUT2D eigenvalue weighted by Crippen LogP contribution is -2.37. The van der Waals surface area contributed by atoms with E-state index < -0.39 is 12.0 Å². The first kappa shape index (κ1) is 23.3. The van der Waals surface area contributed by atoms with Crippen LogP contribution >= 0.6 is 0 Å². The fourth-order valence-corrected chi connectivity index (χ4v) is 1.63. The minimum atomic E-state index is -0.674. The van der Waals surface area contributed by atoms with Gasteiger partial charge in [-0.3, -0.25) is 19.3 Å². The Labute approximate surface area is 150 Å². The lowest BCUT2D eigenvalue weighted by molar-refractivity contribution is -0.148. The van der Waals surface area contributed by atoms with Crippen molar-refractivity contribution >= 4 is 17.9 Å². The monoisotopic (exact) mass is 360 g/mol. The number of carbonyl (C=O) groups excluding carboxylic acids is 3. The first-order valence-electron chi connectivity index (χ1n) is 8.63. The van der Waals surface area contributed by atoms with Crippen LogP contribution in [-0.4, -0.2) is 68.3 Å². The van der Waals surface area contributed by atoms with Crippen LogP contribution in [0.2, 0.25) is 0 Å². The molecule has 25 heavy (non-hydrogen) atoms. The zero-order chi connectivity index (χ0) is 19.4. The Kier molecular flexibility index (Phi) is 11.8. The molecular formula is C17H32N2O6. The molecule has 0 aromatic carbocycles. The van der Waals surface area contributed by atoms with E-state index in [4.69, 9.17) is 19.9 Å². The summed E-state index contributed by atoms with van der Waals surface area (Å²) in [7, 11) is 0. The fraction of sp³-hybridized carbons (Fsp3) is 0.824. The molecule has 0 amide bonds. The minimum Gasteiger partial charge on any atom is -0.464 e. The number of esters is 3. The number of hydrogen-bond acceptors (Lipinski definition) is 8. The van der Waals surface area contributed by atoms with Crippen LogP contribution in [0, 0.1) is 11.8 Å². The molecule has 0 fully saturated rings. The lowest BCUT2D eigenvalue weighted by Gasteiger charge is -2.22. The molecule has 0 aliphatic rings. The van der Waals surface area contributed by atoms with Gasteiger partial charge in [0.05, 0.1) is 11.8 Å². The van der Waals surface area contributed by atoms with E-state index >= 15 is 0 Å². The van der Waals surface area contributed by atoms with Gasteiger partial charge in [-0.2, -0.15) is 0 Å². The van der Waals surface area contributed by atoms with Gasteiger partial charge in [0.2, 0.25) is 0 Å². The highest BCUT2D eigenvalue weighted by molar-refractivity contribution is 5.74. The van der Waals surface area contributed by atoms with Gasteiger partial charge in [0.25, 0.3) is 0 Å². The van der Waals surface area contributed by atoms with Crippen LogP contribution in [0.15, 0.2) is 0 Å². The molecule has 0 aromatic heterocycles. The maximum absolute atomic E-state index is 11.5. The number of nitrogens with two attached hydrogens (primary N) is 1. The molecule has 0 spiro atoms. The summed E-state index contributed by atoms with van der Waals surface area (Å²) in [5, 5.41) is 0. The number of carbonyl (C=O) groups is 3. The van der Waals surface area contributed by atoms with Crippen LogP contribution in [0.3, 0.4) is 0 Å². The predicted octanol–water partition coefficient (Wildman–Crippen LogP) is 0.577. The third-order valence-corrected chi connectivity index (χ3v) is 3.27. The number of nitrogens with zero attached hydrogens (tertiary/aromatic N) is 1. The van der Waals surface area contributed by atoms with Crippen LogP contribution in [-0.2, 0) is 28.6 Å². The maximum atomic E-state index is 11.5. The quantitative estimate of drug-likeness (QED) is 0.398. The van der Waals surface area contributed by atoms with Crippen molar-refractivity contribution in [1.29, 1.82) is 0 Å². The molecule has 0 saturated carbocycles. The largest absolute Gasteiger partial charge is 0.464 e. The molecule has 0 saturated heterocycles. The van der Waals surface area contributed by atoms with Crippen molar-refractivity contribution in [3.8, 4) is 0 Å². The average molecular weight is 360 g/mol. The summed E-state index contributed by atoms with van der Waals surface area (Å²) < 4.78 is 15.3.